The lowest BCUT2D eigenvalue weighted by atomic mass is 10.1. The van der Waals surface area contributed by atoms with E-state index in [2.05, 4.69) is 0 Å². The average Bonchev–Trinajstić information content (AvgIpc) is 2.97. The molecule has 0 unspecified atom stereocenters. The van der Waals surface area contributed by atoms with Crippen molar-refractivity contribution in [2.75, 3.05) is 0 Å². The third-order valence-electron chi connectivity index (χ3n) is 2.64. The average molecular weight is 207 g/mol. The van der Waals surface area contributed by atoms with Crippen LogP contribution in [0, 0.1) is 16.0 Å². The first-order valence-electron chi connectivity index (χ1n) is 4.57. The van der Waals surface area contributed by atoms with Crippen LogP contribution in [0.1, 0.15) is 17.9 Å². The quantitative estimate of drug-likeness (QED) is 0.605. The number of benzene rings is 1. The predicted molar refractivity (Wildman–Crippen MR) is 51.6 cm³/mol. The van der Waals surface area contributed by atoms with Crippen LogP contribution in [0.2, 0.25) is 0 Å². The van der Waals surface area contributed by atoms with Gasteiger partial charge >= 0.3 is 5.97 Å². The zero-order chi connectivity index (χ0) is 11.0. The molecule has 1 aliphatic carbocycles. The van der Waals surface area contributed by atoms with Gasteiger partial charge in [0, 0.05) is 17.5 Å². The maximum Gasteiger partial charge on any atom is 0.307 e. The van der Waals surface area contributed by atoms with Crippen molar-refractivity contribution in [3.05, 3.63) is 39.9 Å². The molecule has 1 N–H and O–H groups in total. The Balaban J connectivity index is 2.30. The maximum atomic E-state index is 10.7. The Kier molecular flexibility index (Phi) is 2.15. The van der Waals surface area contributed by atoms with Gasteiger partial charge in [0.2, 0.25) is 0 Å². The lowest BCUT2D eigenvalue weighted by Crippen LogP contribution is -2.00. The van der Waals surface area contributed by atoms with Gasteiger partial charge in [-0.3, -0.25) is 14.9 Å². The summed E-state index contributed by atoms with van der Waals surface area (Å²) in [7, 11) is 0. The SMILES string of the molecule is O=C(O)[C@@H]1C[C@H]1c1ccccc1[N+](=O)[O-]. The summed E-state index contributed by atoms with van der Waals surface area (Å²) in [5, 5.41) is 19.4. The van der Waals surface area contributed by atoms with E-state index in [-0.39, 0.29) is 11.6 Å². The van der Waals surface area contributed by atoms with Crippen LogP contribution in [-0.4, -0.2) is 16.0 Å². The Labute approximate surface area is 85.5 Å². The Morgan fingerprint density at radius 2 is 2.13 bits per heavy atom. The van der Waals surface area contributed by atoms with Crippen molar-refractivity contribution in [2.24, 2.45) is 5.92 Å². The van der Waals surface area contributed by atoms with E-state index in [9.17, 15) is 14.9 Å². The van der Waals surface area contributed by atoms with Crippen LogP contribution in [0.5, 0.6) is 0 Å². The van der Waals surface area contributed by atoms with Gasteiger partial charge < -0.3 is 5.11 Å². The standard InChI is InChI=1S/C10H9NO4/c12-10(13)8-5-7(8)6-3-1-2-4-9(6)11(14)15/h1-4,7-8H,5H2,(H,12,13)/t7-,8+/m0/s1. The minimum atomic E-state index is -0.877. The molecule has 0 radical (unpaired) electrons. The fourth-order valence-electron chi connectivity index (χ4n) is 1.78. The Morgan fingerprint density at radius 3 is 2.67 bits per heavy atom. The lowest BCUT2D eigenvalue weighted by Gasteiger charge is -1.99. The van der Waals surface area contributed by atoms with Crippen molar-refractivity contribution in [1.29, 1.82) is 0 Å². The van der Waals surface area contributed by atoms with Crippen LogP contribution in [0.4, 0.5) is 5.69 Å². The van der Waals surface area contributed by atoms with E-state index >= 15 is 0 Å². The van der Waals surface area contributed by atoms with Crippen LogP contribution in [0.15, 0.2) is 24.3 Å². The number of hydrogen-bond acceptors (Lipinski definition) is 3. The summed E-state index contributed by atoms with van der Waals surface area (Å²) >= 11 is 0. The van der Waals surface area contributed by atoms with Crippen LogP contribution in [0.3, 0.4) is 0 Å². The smallest absolute Gasteiger partial charge is 0.307 e. The number of hydrogen-bond donors (Lipinski definition) is 1. The van der Waals surface area contributed by atoms with Gasteiger partial charge in [0.1, 0.15) is 0 Å². The molecule has 2 atom stereocenters. The molecule has 0 bridgehead atoms. The molecule has 1 aliphatic rings. The van der Waals surface area contributed by atoms with Gasteiger partial charge in [0.15, 0.2) is 0 Å². The molecule has 1 fully saturated rings. The highest BCUT2D eigenvalue weighted by Gasteiger charge is 2.46. The number of carboxylic acid groups (broad SMARTS) is 1. The molecule has 2 rings (SSSR count). The molecule has 78 valence electrons. The Bertz CT molecular complexity index is 429. The predicted octanol–water partition coefficient (Wildman–Crippen LogP) is 1.78. The molecule has 0 spiro atoms. The second kappa shape index (κ2) is 3.34. The second-order valence-electron chi connectivity index (χ2n) is 3.60. The first kappa shape index (κ1) is 9.64. The van der Waals surface area contributed by atoms with Gasteiger partial charge in [-0.05, 0) is 6.42 Å². The molecule has 1 saturated carbocycles. The van der Waals surface area contributed by atoms with Gasteiger partial charge in [-0.15, -0.1) is 0 Å². The van der Waals surface area contributed by atoms with Gasteiger partial charge in [-0.1, -0.05) is 18.2 Å². The molecule has 1 aromatic rings. The molecule has 15 heavy (non-hydrogen) atoms. The summed E-state index contributed by atoms with van der Waals surface area (Å²) in [6.45, 7) is 0. The first-order chi connectivity index (χ1) is 7.11. The van der Waals surface area contributed by atoms with Crippen molar-refractivity contribution in [3.8, 4) is 0 Å². The van der Waals surface area contributed by atoms with Crippen molar-refractivity contribution < 1.29 is 14.8 Å². The molecule has 5 heteroatoms. The summed E-state index contributed by atoms with van der Waals surface area (Å²) < 4.78 is 0. The van der Waals surface area contributed by atoms with E-state index in [4.69, 9.17) is 5.11 Å². The Hall–Kier alpha value is -1.91. The van der Waals surface area contributed by atoms with Crippen LogP contribution in [-0.2, 0) is 4.79 Å². The summed E-state index contributed by atoms with van der Waals surface area (Å²) in [5.41, 5.74) is 0.557. The van der Waals surface area contributed by atoms with E-state index in [0.29, 0.717) is 12.0 Å². The molecule has 1 aromatic carbocycles. The van der Waals surface area contributed by atoms with Crippen molar-refractivity contribution in [3.63, 3.8) is 0 Å². The van der Waals surface area contributed by atoms with Gasteiger partial charge in [0.05, 0.1) is 10.8 Å². The van der Waals surface area contributed by atoms with E-state index < -0.39 is 16.8 Å². The van der Waals surface area contributed by atoms with Gasteiger partial charge in [0.25, 0.3) is 5.69 Å². The molecule has 0 heterocycles. The zero-order valence-electron chi connectivity index (χ0n) is 7.79. The summed E-state index contributed by atoms with van der Waals surface area (Å²) in [6.07, 6.45) is 0.500. The van der Waals surface area contributed by atoms with Crippen LogP contribution in [0.25, 0.3) is 0 Å². The van der Waals surface area contributed by atoms with Crippen LogP contribution >= 0.6 is 0 Å². The number of nitro benzene ring substituents is 1. The fourth-order valence-corrected chi connectivity index (χ4v) is 1.78. The van der Waals surface area contributed by atoms with E-state index in [1.54, 1.807) is 18.2 Å². The largest absolute Gasteiger partial charge is 0.481 e. The minimum absolute atomic E-state index is 0.0197. The third-order valence-corrected chi connectivity index (χ3v) is 2.64. The number of para-hydroxylation sites is 1. The van der Waals surface area contributed by atoms with E-state index in [0.717, 1.165) is 0 Å². The number of carbonyl (C=O) groups is 1. The number of aliphatic carboxylic acids is 1. The first-order valence-corrected chi connectivity index (χ1v) is 4.57. The molecule has 5 nitrogen and oxygen atoms in total. The monoisotopic (exact) mass is 207 g/mol. The molecule has 0 aliphatic heterocycles. The van der Waals surface area contributed by atoms with Crippen molar-refractivity contribution >= 4 is 11.7 Å². The highest BCUT2D eigenvalue weighted by molar-refractivity contribution is 5.75. The van der Waals surface area contributed by atoms with Crippen LogP contribution < -0.4 is 0 Å². The third kappa shape index (κ3) is 1.68. The zero-order valence-corrected chi connectivity index (χ0v) is 7.79. The van der Waals surface area contributed by atoms with Crippen molar-refractivity contribution in [1.82, 2.24) is 0 Å². The minimum Gasteiger partial charge on any atom is -0.481 e. The highest BCUT2D eigenvalue weighted by Crippen LogP contribution is 2.50. The maximum absolute atomic E-state index is 10.7. The molecular formula is C10H9NO4. The number of nitrogens with zero attached hydrogens (tertiary/aromatic N) is 1. The lowest BCUT2D eigenvalue weighted by molar-refractivity contribution is -0.385. The number of carboxylic acids is 1. The summed E-state index contributed by atoms with van der Waals surface area (Å²) in [4.78, 5) is 20.9. The highest BCUT2D eigenvalue weighted by atomic mass is 16.6. The Morgan fingerprint density at radius 1 is 1.47 bits per heavy atom. The van der Waals surface area contributed by atoms with E-state index in [1.165, 1.54) is 6.07 Å². The summed E-state index contributed by atoms with van der Waals surface area (Å²) in [6, 6.07) is 6.32. The number of nitro groups is 1. The topological polar surface area (TPSA) is 80.4 Å². The van der Waals surface area contributed by atoms with E-state index in [1.807, 2.05) is 0 Å². The van der Waals surface area contributed by atoms with Crippen molar-refractivity contribution in [2.45, 2.75) is 12.3 Å². The summed E-state index contributed by atoms with van der Waals surface area (Å²) in [5.74, 6) is -1.52. The fraction of sp³-hybridized carbons (Fsp3) is 0.300. The normalized spacial score (nSPS) is 23.5. The molecule has 0 saturated heterocycles. The van der Waals surface area contributed by atoms with Gasteiger partial charge in [-0.2, -0.15) is 0 Å². The molecule has 0 aromatic heterocycles. The molecule has 0 amide bonds. The number of rotatable bonds is 3. The molecular weight excluding hydrogens is 198 g/mol. The van der Waals surface area contributed by atoms with Gasteiger partial charge in [-0.25, -0.2) is 0 Å². The second-order valence-corrected chi connectivity index (χ2v) is 3.60.